The van der Waals surface area contributed by atoms with Crippen LogP contribution in [0.3, 0.4) is 0 Å². The summed E-state index contributed by atoms with van der Waals surface area (Å²) in [6, 6.07) is 6.85. The molecule has 0 saturated heterocycles. The standard InChI is InChI=1S/C15H18N4O3/c1-9-7-14(20)17-15(16-9)19-18-10(2)12-8-11(21-3)5-6-13(12)22-4/h5-8H,1-4H3,(H2,16,17,19,20)/b18-10-. The van der Waals surface area contributed by atoms with E-state index in [0.29, 0.717) is 22.9 Å². The van der Waals surface area contributed by atoms with Gasteiger partial charge in [-0.25, -0.2) is 10.4 Å². The summed E-state index contributed by atoms with van der Waals surface area (Å²) in [6.07, 6.45) is 0. The zero-order valence-corrected chi connectivity index (χ0v) is 12.9. The van der Waals surface area contributed by atoms with Crippen molar-refractivity contribution in [3.05, 3.63) is 45.9 Å². The fourth-order valence-electron chi connectivity index (χ4n) is 1.93. The summed E-state index contributed by atoms with van der Waals surface area (Å²) in [5.41, 5.74) is 4.56. The molecule has 0 fully saturated rings. The molecule has 0 bridgehead atoms. The lowest BCUT2D eigenvalue weighted by atomic mass is 10.1. The molecule has 0 unspecified atom stereocenters. The van der Waals surface area contributed by atoms with Crippen LogP contribution >= 0.6 is 0 Å². The maximum Gasteiger partial charge on any atom is 0.252 e. The van der Waals surface area contributed by atoms with Gasteiger partial charge in [0.1, 0.15) is 11.5 Å². The summed E-state index contributed by atoms with van der Waals surface area (Å²) in [4.78, 5) is 18.1. The number of benzene rings is 1. The minimum atomic E-state index is -0.234. The zero-order valence-electron chi connectivity index (χ0n) is 12.9. The summed E-state index contributed by atoms with van der Waals surface area (Å²) in [5, 5.41) is 4.23. The maximum atomic E-state index is 11.4. The fraction of sp³-hybridized carbons (Fsp3) is 0.267. The molecule has 22 heavy (non-hydrogen) atoms. The van der Waals surface area contributed by atoms with Crippen LogP contribution in [0.25, 0.3) is 0 Å². The number of methoxy groups -OCH3 is 2. The van der Waals surface area contributed by atoms with Gasteiger partial charge in [-0.3, -0.25) is 9.78 Å². The van der Waals surface area contributed by atoms with Crippen LogP contribution in [0.2, 0.25) is 0 Å². The topological polar surface area (TPSA) is 88.6 Å². The summed E-state index contributed by atoms with van der Waals surface area (Å²) in [6.45, 7) is 3.56. The van der Waals surface area contributed by atoms with E-state index in [2.05, 4.69) is 20.5 Å². The van der Waals surface area contributed by atoms with E-state index in [9.17, 15) is 4.79 Å². The Morgan fingerprint density at radius 1 is 1.27 bits per heavy atom. The number of aromatic amines is 1. The Hall–Kier alpha value is -2.83. The van der Waals surface area contributed by atoms with E-state index in [1.165, 1.54) is 6.07 Å². The Labute approximate surface area is 128 Å². The predicted octanol–water partition coefficient (Wildman–Crippen LogP) is 1.93. The van der Waals surface area contributed by atoms with Gasteiger partial charge in [-0.15, -0.1) is 0 Å². The molecule has 7 heteroatoms. The van der Waals surface area contributed by atoms with E-state index >= 15 is 0 Å². The Morgan fingerprint density at radius 2 is 2.05 bits per heavy atom. The highest BCUT2D eigenvalue weighted by Crippen LogP contribution is 2.24. The number of aryl methyl sites for hydroxylation is 1. The second-order valence-corrected chi connectivity index (χ2v) is 4.61. The molecule has 2 N–H and O–H groups in total. The summed E-state index contributed by atoms with van der Waals surface area (Å²) in [7, 11) is 3.18. The number of hydrazone groups is 1. The van der Waals surface area contributed by atoms with Crippen LogP contribution in [0.4, 0.5) is 5.95 Å². The number of H-pyrrole nitrogens is 1. The number of rotatable bonds is 5. The third-order valence-electron chi connectivity index (χ3n) is 3.00. The van der Waals surface area contributed by atoms with Gasteiger partial charge >= 0.3 is 0 Å². The van der Waals surface area contributed by atoms with Crippen LogP contribution in [0, 0.1) is 6.92 Å². The Kier molecular flexibility index (Phi) is 4.77. The minimum absolute atomic E-state index is 0.234. The number of ether oxygens (including phenoxy) is 2. The normalized spacial score (nSPS) is 11.2. The van der Waals surface area contributed by atoms with Gasteiger partial charge in [-0.05, 0) is 32.0 Å². The quantitative estimate of drug-likeness (QED) is 0.651. The number of anilines is 1. The molecule has 1 aromatic heterocycles. The highest BCUT2D eigenvalue weighted by Gasteiger charge is 2.08. The number of nitrogens with zero attached hydrogens (tertiary/aromatic N) is 2. The SMILES string of the molecule is COc1ccc(OC)c(/C(C)=N\Nc2nc(C)cc(=O)[nH]2)c1. The summed E-state index contributed by atoms with van der Waals surface area (Å²) >= 11 is 0. The van der Waals surface area contributed by atoms with Gasteiger partial charge < -0.3 is 9.47 Å². The first kappa shape index (κ1) is 15.6. The summed E-state index contributed by atoms with van der Waals surface area (Å²) < 4.78 is 10.5. The lowest BCUT2D eigenvalue weighted by Gasteiger charge is -2.10. The van der Waals surface area contributed by atoms with Crippen LogP contribution in [-0.4, -0.2) is 29.9 Å². The van der Waals surface area contributed by atoms with Crippen molar-refractivity contribution in [1.82, 2.24) is 9.97 Å². The van der Waals surface area contributed by atoms with Crippen molar-refractivity contribution in [2.75, 3.05) is 19.6 Å². The van der Waals surface area contributed by atoms with Crippen LogP contribution in [0.5, 0.6) is 11.5 Å². The van der Waals surface area contributed by atoms with Crippen molar-refractivity contribution in [2.45, 2.75) is 13.8 Å². The first-order chi connectivity index (χ1) is 10.5. The molecule has 0 saturated carbocycles. The third kappa shape index (κ3) is 3.63. The first-order valence-electron chi connectivity index (χ1n) is 6.64. The lowest BCUT2D eigenvalue weighted by Crippen LogP contribution is -2.11. The smallest absolute Gasteiger partial charge is 0.252 e. The monoisotopic (exact) mass is 302 g/mol. The molecule has 0 radical (unpaired) electrons. The van der Waals surface area contributed by atoms with E-state index in [1.807, 2.05) is 19.1 Å². The van der Waals surface area contributed by atoms with Crippen LogP contribution in [0.1, 0.15) is 18.2 Å². The first-order valence-corrected chi connectivity index (χ1v) is 6.64. The van der Waals surface area contributed by atoms with Gasteiger partial charge in [0.15, 0.2) is 0 Å². The molecule has 2 aromatic rings. The fourth-order valence-corrected chi connectivity index (χ4v) is 1.93. The number of hydrogen-bond acceptors (Lipinski definition) is 6. The van der Waals surface area contributed by atoms with Crippen molar-refractivity contribution in [1.29, 1.82) is 0 Å². The van der Waals surface area contributed by atoms with Gasteiger partial charge in [0, 0.05) is 17.3 Å². The number of aromatic nitrogens is 2. The van der Waals surface area contributed by atoms with Gasteiger partial charge in [0.25, 0.3) is 5.56 Å². The van der Waals surface area contributed by atoms with E-state index in [1.54, 1.807) is 27.2 Å². The average Bonchev–Trinajstić information content (AvgIpc) is 2.51. The molecular weight excluding hydrogens is 284 g/mol. The molecule has 0 aliphatic heterocycles. The summed E-state index contributed by atoms with van der Waals surface area (Å²) in [5.74, 6) is 1.66. The lowest BCUT2D eigenvalue weighted by molar-refractivity contribution is 0.402. The second kappa shape index (κ2) is 6.75. The molecule has 0 spiro atoms. The molecule has 116 valence electrons. The maximum absolute atomic E-state index is 11.4. The van der Waals surface area contributed by atoms with Crippen LogP contribution in [-0.2, 0) is 0 Å². The Morgan fingerprint density at radius 3 is 2.68 bits per heavy atom. The Balaban J connectivity index is 2.30. The van der Waals surface area contributed by atoms with Gasteiger partial charge in [-0.1, -0.05) is 0 Å². The molecule has 7 nitrogen and oxygen atoms in total. The highest BCUT2D eigenvalue weighted by atomic mass is 16.5. The van der Waals surface area contributed by atoms with Crippen molar-refractivity contribution in [2.24, 2.45) is 5.10 Å². The largest absolute Gasteiger partial charge is 0.497 e. The molecular formula is C15H18N4O3. The van der Waals surface area contributed by atoms with E-state index in [4.69, 9.17) is 9.47 Å². The van der Waals surface area contributed by atoms with Gasteiger partial charge in [0.2, 0.25) is 5.95 Å². The molecule has 0 amide bonds. The van der Waals surface area contributed by atoms with Gasteiger partial charge in [0.05, 0.1) is 19.9 Å². The molecule has 0 atom stereocenters. The molecule has 2 rings (SSSR count). The minimum Gasteiger partial charge on any atom is -0.497 e. The average molecular weight is 302 g/mol. The van der Waals surface area contributed by atoms with Crippen molar-refractivity contribution < 1.29 is 9.47 Å². The molecule has 0 aliphatic carbocycles. The Bertz CT molecular complexity index is 753. The second-order valence-electron chi connectivity index (χ2n) is 4.61. The van der Waals surface area contributed by atoms with E-state index in [-0.39, 0.29) is 11.5 Å². The van der Waals surface area contributed by atoms with Crippen molar-refractivity contribution in [3.8, 4) is 11.5 Å². The zero-order chi connectivity index (χ0) is 16.1. The van der Waals surface area contributed by atoms with Gasteiger partial charge in [-0.2, -0.15) is 5.10 Å². The van der Waals surface area contributed by atoms with Crippen molar-refractivity contribution in [3.63, 3.8) is 0 Å². The van der Waals surface area contributed by atoms with Crippen molar-refractivity contribution >= 4 is 11.7 Å². The molecule has 1 aromatic carbocycles. The highest BCUT2D eigenvalue weighted by molar-refractivity contribution is 6.01. The molecule has 0 aliphatic rings. The van der Waals surface area contributed by atoms with Crippen LogP contribution < -0.4 is 20.5 Å². The molecule has 1 heterocycles. The third-order valence-corrected chi connectivity index (χ3v) is 3.00. The van der Waals surface area contributed by atoms with E-state index < -0.39 is 0 Å². The van der Waals surface area contributed by atoms with E-state index in [0.717, 1.165) is 5.56 Å². The number of nitrogens with one attached hydrogen (secondary N) is 2. The van der Waals surface area contributed by atoms with Crippen LogP contribution in [0.15, 0.2) is 34.2 Å². The number of hydrogen-bond donors (Lipinski definition) is 2. The predicted molar refractivity (Wildman–Crippen MR) is 85.0 cm³/mol.